The van der Waals surface area contributed by atoms with Gasteiger partial charge in [-0.1, -0.05) is 13.8 Å². The number of fused-ring (bicyclic) bond motifs is 2. The van der Waals surface area contributed by atoms with Crippen LogP contribution < -0.4 is 0 Å². The van der Waals surface area contributed by atoms with E-state index in [1.54, 1.807) is 0 Å². The van der Waals surface area contributed by atoms with E-state index in [4.69, 9.17) is 0 Å². The first-order valence-corrected chi connectivity index (χ1v) is 5.69. The lowest BCUT2D eigenvalue weighted by Crippen LogP contribution is -2.46. The molecule has 0 saturated heterocycles. The van der Waals surface area contributed by atoms with Gasteiger partial charge < -0.3 is 0 Å². The third-order valence-corrected chi connectivity index (χ3v) is 4.49. The molecular weight excluding hydrogens is 163 g/mol. The summed E-state index contributed by atoms with van der Waals surface area (Å²) in [7, 11) is 0. The predicted octanol–water partition coefficient (Wildman–Crippen LogP) is 3.81. The van der Waals surface area contributed by atoms with Gasteiger partial charge in [-0.3, -0.25) is 0 Å². The van der Waals surface area contributed by atoms with E-state index in [2.05, 4.69) is 13.8 Å². The summed E-state index contributed by atoms with van der Waals surface area (Å²) in [6.07, 6.45) is 4.74. The molecule has 76 valence electrons. The molecule has 0 heterocycles. The molecule has 1 heteroatoms. The first-order chi connectivity index (χ1) is 6.00. The maximum Gasteiger partial charge on any atom is 0.113 e. The minimum atomic E-state index is -0.884. The van der Waals surface area contributed by atoms with Crippen molar-refractivity contribution in [2.75, 3.05) is 0 Å². The molecular formula is C12H21F. The molecule has 2 rings (SSSR count). The van der Waals surface area contributed by atoms with Gasteiger partial charge in [-0.15, -0.1) is 0 Å². The van der Waals surface area contributed by atoms with Crippen LogP contribution in [0.15, 0.2) is 0 Å². The van der Waals surface area contributed by atoms with Gasteiger partial charge in [-0.25, -0.2) is 4.39 Å². The van der Waals surface area contributed by atoms with Gasteiger partial charge in [0, 0.05) is 0 Å². The zero-order valence-corrected chi connectivity index (χ0v) is 9.02. The molecule has 0 N–H and O–H groups in total. The minimum absolute atomic E-state index is 0.281. The number of hydrogen-bond acceptors (Lipinski definition) is 0. The number of rotatable bonds is 0. The molecule has 0 spiro atoms. The van der Waals surface area contributed by atoms with Crippen LogP contribution in [0, 0.1) is 23.7 Å². The van der Waals surface area contributed by atoms with Crippen molar-refractivity contribution in [1.29, 1.82) is 0 Å². The number of halogens is 1. The number of hydrogen-bond donors (Lipinski definition) is 0. The standard InChI is InChI=1S/C12H21F/c1-8-4-10-6-9(2)12(3,13)11(5-8)7-10/h8-11H,4-7H2,1-3H3. The summed E-state index contributed by atoms with van der Waals surface area (Å²) in [4.78, 5) is 0. The fraction of sp³-hybridized carbons (Fsp3) is 1.00. The maximum atomic E-state index is 14.3. The van der Waals surface area contributed by atoms with Gasteiger partial charge in [0.15, 0.2) is 0 Å². The molecule has 13 heavy (non-hydrogen) atoms. The molecule has 2 saturated carbocycles. The molecule has 0 aromatic rings. The lowest BCUT2D eigenvalue weighted by Gasteiger charge is -2.48. The van der Waals surface area contributed by atoms with Crippen LogP contribution in [0.1, 0.15) is 46.5 Å². The van der Waals surface area contributed by atoms with Gasteiger partial charge in [0.05, 0.1) is 0 Å². The zero-order valence-electron chi connectivity index (χ0n) is 9.02. The summed E-state index contributed by atoms with van der Waals surface area (Å²) in [6.45, 7) is 6.21. The smallest absolute Gasteiger partial charge is 0.113 e. The summed E-state index contributed by atoms with van der Waals surface area (Å²) >= 11 is 0. The van der Waals surface area contributed by atoms with Crippen LogP contribution in [-0.2, 0) is 0 Å². The van der Waals surface area contributed by atoms with E-state index in [9.17, 15) is 4.39 Å². The highest BCUT2D eigenvalue weighted by Gasteiger charge is 2.48. The molecule has 2 fully saturated rings. The van der Waals surface area contributed by atoms with Crippen LogP contribution in [0.3, 0.4) is 0 Å². The monoisotopic (exact) mass is 184 g/mol. The second-order valence-corrected chi connectivity index (χ2v) is 5.66. The van der Waals surface area contributed by atoms with Crippen LogP contribution in [0.25, 0.3) is 0 Å². The van der Waals surface area contributed by atoms with Crippen molar-refractivity contribution in [3.05, 3.63) is 0 Å². The van der Waals surface area contributed by atoms with Crippen LogP contribution in [-0.4, -0.2) is 5.67 Å². The Balaban J connectivity index is 2.17. The molecule has 0 aliphatic heterocycles. The Bertz CT molecular complexity index is 193. The second-order valence-electron chi connectivity index (χ2n) is 5.66. The maximum absolute atomic E-state index is 14.3. The van der Waals surface area contributed by atoms with Crippen molar-refractivity contribution in [2.45, 2.75) is 52.1 Å². The van der Waals surface area contributed by atoms with Crippen LogP contribution in [0.4, 0.5) is 4.39 Å². The Kier molecular flexibility index (Phi) is 2.16. The molecule has 0 aromatic heterocycles. The van der Waals surface area contributed by atoms with E-state index < -0.39 is 5.67 Å². The largest absolute Gasteiger partial charge is 0.244 e. The molecule has 5 atom stereocenters. The quantitative estimate of drug-likeness (QED) is 0.537. The Morgan fingerprint density at radius 3 is 2.46 bits per heavy atom. The van der Waals surface area contributed by atoms with E-state index in [0.29, 0.717) is 5.92 Å². The molecule has 2 aliphatic rings. The fourth-order valence-corrected chi connectivity index (χ4v) is 3.53. The summed E-state index contributed by atoms with van der Waals surface area (Å²) in [5, 5.41) is 0. The summed E-state index contributed by atoms with van der Waals surface area (Å²) in [5.41, 5.74) is -0.884. The fourth-order valence-electron chi connectivity index (χ4n) is 3.53. The van der Waals surface area contributed by atoms with Crippen molar-refractivity contribution in [2.24, 2.45) is 23.7 Å². The van der Waals surface area contributed by atoms with Gasteiger partial charge in [-0.2, -0.15) is 0 Å². The normalized spacial score (nSPS) is 56.3. The first-order valence-electron chi connectivity index (χ1n) is 5.69. The average molecular weight is 184 g/mol. The molecule has 0 radical (unpaired) electrons. The van der Waals surface area contributed by atoms with Crippen LogP contribution in [0.2, 0.25) is 0 Å². The lowest BCUT2D eigenvalue weighted by atomic mass is 9.59. The van der Waals surface area contributed by atoms with E-state index in [0.717, 1.165) is 31.1 Å². The molecule has 0 amide bonds. The van der Waals surface area contributed by atoms with Crippen molar-refractivity contribution in [3.63, 3.8) is 0 Å². The third-order valence-electron chi connectivity index (χ3n) is 4.49. The molecule has 0 aromatic carbocycles. The van der Waals surface area contributed by atoms with Crippen molar-refractivity contribution in [1.82, 2.24) is 0 Å². The Morgan fingerprint density at radius 2 is 1.77 bits per heavy atom. The highest BCUT2D eigenvalue weighted by Crippen LogP contribution is 2.51. The topological polar surface area (TPSA) is 0 Å². The third kappa shape index (κ3) is 1.51. The van der Waals surface area contributed by atoms with Gasteiger partial charge in [0.25, 0.3) is 0 Å². The zero-order chi connectivity index (χ0) is 9.64. The highest BCUT2D eigenvalue weighted by atomic mass is 19.1. The Morgan fingerprint density at radius 1 is 1.08 bits per heavy atom. The summed E-state index contributed by atoms with van der Waals surface area (Å²) in [5.74, 6) is 2.22. The summed E-state index contributed by atoms with van der Waals surface area (Å²) in [6, 6.07) is 0. The van der Waals surface area contributed by atoms with Gasteiger partial charge in [0.1, 0.15) is 5.67 Å². The highest BCUT2D eigenvalue weighted by molar-refractivity contribution is 4.97. The average Bonchev–Trinajstić information content (AvgIpc) is 2.00. The van der Waals surface area contributed by atoms with Gasteiger partial charge in [-0.05, 0) is 56.3 Å². The Hall–Kier alpha value is -0.0700. The van der Waals surface area contributed by atoms with Gasteiger partial charge in [0.2, 0.25) is 0 Å². The Labute approximate surface area is 80.9 Å². The number of alkyl halides is 1. The van der Waals surface area contributed by atoms with Crippen LogP contribution in [0.5, 0.6) is 0 Å². The molecule has 2 aliphatic carbocycles. The summed E-state index contributed by atoms with van der Waals surface area (Å²) < 4.78 is 14.3. The van der Waals surface area contributed by atoms with E-state index >= 15 is 0 Å². The lowest BCUT2D eigenvalue weighted by molar-refractivity contribution is -0.0529. The molecule has 2 bridgehead atoms. The van der Waals surface area contributed by atoms with E-state index in [1.165, 1.54) is 6.42 Å². The van der Waals surface area contributed by atoms with Crippen LogP contribution >= 0.6 is 0 Å². The van der Waals surface area contributed by atoms with Gasteiger partial charge >= 0.3 is 0 Å². The second kappa shape index (κ2) is 2.96. The predicted molar refractivity (Wildman–Crippen MR) is 53.3 cm³/mol. The van der Waals surface area contributed by atoms with Crippen molar-refractivity contribution >= 4 is 0 Å². The van der Waals surface area contributed by atoms with E-state index in [1.807, 2.05) is 6.92 Å². The van der Waals surface area contributed by atoms with Crippen molar-refractivity contribution < 1.29 is 4.39 Å². The first kappa shape index (κ1) is 9.48. The van der Waals surface area contributed by atoms with Crippen molar-refractivity contribution in [3.8, 4) is 0 Å². The minimum Gasteiger partial charge on any atom is -0.244 e. The SMILES string of the molecule is CC1CC2CC(C)C(C)(F)C(C1)C2. The molecule has 0 nitrogen and oxygen atoms in total. The molecule has 5 unspecified atom stereocenters. The van der Waals surface area contributed by atoms with E-state index in [-0.39, 0.29) is 5.92 Å².